The normalized spacial score (nSPS) is 22.8. The van der Waals surface area contributed by atoms with Crippen molar-refractivity contribution in [3.8, 4) is 0 Å². The van der Waals surface area contributed by atoms with Gasteiger partial charge in [-0.05, 0) is 19.3 Å². The molecule has 0 bridgehead atoms. The average Bonchev–Trinajstić information content (AvgIpc) is 2.37. The third-order valence-corrected chi connectivity index (χ3v) is 2.12. The molecule has 0 heterocycles. The molecular formula is C9H15NO2. The fourth-order valence-corrected chi connectivity index (χ4v) is 1.46. The summed E-state index contributed by atoms with van der Waals surface area (Å²) in [5.41, 5.74) is 0. The summed E-state index contributed by atoms with van der Waals surface area (Å²) in [5.74, 6) is 0.206. The highest BCUT2D eigenvalue weighted by Crippen LogP contribution is 2.14. The number of rotatable bonds is 3. The lowest BCUT2D eigenvalue weighted by Crippen LogP contribution is -2.37. The Morgan fingerprint density at radius 1 is 1.67 bits per heavy atom. The summed E-state index contributed by atoms with van der Waals surface area (Å²) in [6.45, 7) is 1.95. The number of hydrogen-bond donors (Lipinski definition) is 1. The monoisotopic (exact) mass is 169 g/mol. The highest BCUT2D eigenvalue weighted by Gasteiger charge is 2.25. The lowest BCUT2D eigenvalue weighted by molar-refractivity contribution is -0.126. The molecular weight excluding hydrogens is 154 g/mol. The predicted octanol–water partition coefficient (Wildman–Crippen LogP) is 1.02. The number of amides is 1. The molecule has 0 radical (unpaired) electrons. The van der Waals surface area contributed by atoms with Gasteiger partial charge in [-0.3, -0.25) is 9.59 Å². The molecule has 1 aliphatic rings. The van der Waals surface area contributed by atoms with Gasteiger partial charge in [-0.2, -0.15) is 0 Å². The third-order valence-electron chi connectivity index (χ3n) is 2.12. The molecule has 1 amide bonds. The minimum atomic E-state index is -0.177. The minimum Gasteiger partial charge on any atom is -0.346 e. The molecule has 0 aliphatic heterocycles. The van der Waals surface area contributed by atoms with E-state index >= 15 is 0 Å². The summed E-state index contributed by atoms with van der Waals surface area (Å²) in [6, 6.07) is -0.177. The predicted molar refractivity (Wildman–Crippen MR) is 45.7 cm³/mol. The van der Waals surface area contributed by atoms with Crippen LogP contribution in [0.2, 0.25) is 0 Å². The van der Waals surface area contributed by atoms with Crippen LogP contribution in [-0.2, 0) is 9.59 Å². The van der Waals surface area contributed by atoms with E-state index in [4.69, 9.17) is 0 Å². The largest absolute Gasteiger partial charge is 0.346 e. The molecule has 68 valence electrons. The van der Waals surface area contributed by atoms with Gasteiger partial charge in [0.25, 0.3) is 0 Å². The Kier molecular flexibility index (Phi) is 3.26. The van der Waals surface area contributed by atoms with E-state index in [9.17, 15) is 9.59 Å². The van der Waals surface area contributed by atoms with Gasteiger partial charge in [0.2, 0.25) is 5.91 Å². The van der Waals surface area contributed by atoms with Crippen LogP contribution in [0, 0.1) is 0 Å². The van der Waals surface area contributed by atoms with Gasteiger partial charge in [0.15, 0.2) is 5.78 Å². The molecule has 1 N–H and O–H groups in total. The molecule has 1 aliphatic carbocycles. The van der Waals surface area contributed by atoms with Gasteiger partial charge in [-0.25, -0.2) is 0 Å². The van der Waals surface area contributed by atoms with Crippen molar-refractivity contribution in [1.82, 2.24) is 5.32 Å². The zero-order valence-electron chi connectivity index (χ0n) is 7.43. The SMILES string of the molecule is CCCC(=O)N[C@H]1CCCC1=O. The minimum absolute atomic E-state index is 0.0118. The van der Waals surface area contributed by atoms with Gasteiger partial charge in [0.1, 0.15) is 0 Å². The summed E-state index contributed by atoms with van der Waals surface area (Å²) >= 11 is 0. The van der Waals surface area contributed by atoms with Gasteiger partial charge in [-0.1, -0.05) is 6.92 Å². The quantitative estimate of drug-likeness (QED) is 0.685. The topological polar surface area (TPSA) is 46.2 Å². The Labute approximate surface area is 72.5 Å². The molecule has 1 fully saturated rings. The summed E-state index contributed by atoms with van der Waals surface area (Å²) < 4.78 is 0. The number of hydrogen-bond acceptors (Lipinski definition) is 2. The lowest BCUT2D eigenvalue weighted by Gasteiger charge is -2.09. The Bertz CT molecular complexity index is 189. The molecule has 0 aromatic carbocycles. The highest BCUT2D eigenvalue weighted by molar-refractivity contribution is 5.90. The van der Waals surface area contributed by atoms with Gasteiger partial charge in [0, 0.05) is 12.8 Å². The van der Waals surface area contributed by atoms with E-state index < -0.39 is 0 Å². The van der Waals surface area contributed by atoms with Crippen molar-refractivity contribution in [2.24, 2.45) is 0 Å². The Morgan fingerprint density at radius 3 is 2.92 bits per heavy atom. The van der Waals surface area contributed by atoms with Crippen LogP contribution in [0.15, 0.2) is 0 Å². The summed E-state index contributed by atoms with van der Waals surface area (Å²) in [5, 5.41) is 2.74. The van der Waals surface area contributed by atoms with Gasteiger partial charge < -0.3 is 5.32 Å². The van der Waals surface area contributed by atoms with Crippen molar-refractivity contribution in [2.45, 2.75) is 45.1 Å². The first-order valence-corrected chi connectivity index (χ1v) is 4.56. The van der Waals surface area contributed by atoms with E-state index in [0.717, 1.165) is 19.3 Å². The molecule has 1 rings (SSSR count). The van der Waals surface area contributed by atoms with E-state index in [1.807, 2.05) is 6.92 Å². The van der Waals surface area contributed by atoms with Crippen LogP contribution >= 0.6 is 0 Å². The van der Waals surface area contributed by atoms with Crippen LogP contribution in [0.1, 0.15) is 39.0 Å². The second-order valence-corrected chi connectivity index (χ2v) is 3.23. The van der Waals surface area contributed by atoms with Crippen LogP contribution in [0.5, 0.6) is 0 Å². The molecule has 0 spiro atoms. The zero-order valence-corrected chi connectivity index (χ0v) is 7.43. The smallest absolute Gasteiger partial charge is 0.220 e. The van der Waals surface area contributed by atoms with Gasteiger partial charge in [0.05, 0.1) is 6.04 Å². The maximum absolute atomic E-state index is 11.1. The Morgan fingerprint density at radius 2 is 2.42 bits per heavy atom. The first-order chi connectivity index (χ1) is 5.74. The fourth-order valence-electron chi connectivity index (χ4n) is 1.46. The molecule has 0 unspecified atom stereocenters. The van der Waals surface area contributed by atoms with E-state index in [-0.39, 0.29) is 17.7 Å². The molecule has 12 heavy (non-hydrogen) atoms. The first-order valence-electron chi connectivity index (χ1n) is 4.56. The molecule has 3 nitrogen and oxygen atoms in total. The van der Waals surface area contributed by atoms with E-state index in [1.165, 1.54) is 0 Å². The Hall–Kier alpha value is -0.860. The van der Waals surface area contributed by atoms with E-state index in [2.05, 4.69) is 5.32 Å². The molecule has 1 atom stereocenters. The maximum atomic E-state index is 11.1. The molecule has 3 heteroatoms. The van der Waals surface area contributed by atoms with Crippen molar-refractivity contribution >= 4 is 11.7 Å². The van der Waals surface area contributed by atoms with Crippen molar-refractivity contribution in [3.05, 3.63) is 0 Å². The fraction of sp³-hybridized carbons (Fsp3) is 0.778. The zero-order chi connectivity index (χ0) is 8.97. The van der Waals surface area contributed by atoms with Crippen LogP contribution in [0.3, 0.4) is 0 Å². The van der Waals surface area contributed by atoms with Crippen molar-refractivity contribution in [3.63, 3.8) is 0 Å². The standard InChI is InChI=1S/C9H15NO2/c1-2-4-9(12)10-7-5-3-6-8(7)11/h7H,2-6H2,1H3,(H,10,12)/t7-/m0/s1. The summed E-state index contributed by atoms with van der Waals surface area (Å²) in [6.07, 6.45) is 3.76. The molecule has 0 saturated heterocycles. The third kappa shape index (κ3) is 2.32. The Balaban J connectivity index is 2.30. The van der Waals surface area contributed by atoms with Crippen molar-refractivity contribution < 1.29 is 9.59 Å². The highest BCUT2D eigenvalue weighted by atomic mass is 16.2. The lowest BCUT2D eigenvalue weighted by atomic mass is 10.2. The average molecular weight is 169 g/mol. The number of carbonyl (C=O) groups excluding carboxylic acids is 2. The van der Waals surface area contributed by atoms with Crippen LogP contribution < -0.4 is 5.32 Å². The maximum Gasteiger partial charge on any atom is 0.220 e. The van der Waals surface area contributed by atoms with Gasteiger partial charge >= 0.3 is 0 Å². The number of Topliss-reactive ketones (excluding diaryl/α,β-unsaturated/α-hetero) is 1. The second kappa shape index (κ2) is 4.24. The molecule has 1 saturated carbocycles. The van der Waals surface area contributed by atoms with Gasteiger partial charge in [-0.15, -0.1) is 0 Å². The van der Waals surface area contributed by atoms with Crippen LogP contribution in [0.25, 0.3) is 0 Å². The second-order valence-electron chi connectivity index (χ2n) is 3.23. The molecule has 0 aromatic heterocycles. The van der Waals surface area contributed by atoms with Crippen molar-refractivity contribution in [1.29, 1.82) is 0 Å². The van der Waals surface area contributed by atoms with Crippen molar-refractivity contribution in [2.75, 3.05) is 0 Å². The van der Waals surface area contributed by atoms with Crippen LogP contribution in [-0.4, -0.2) is 17.7 Å². The number of ketones is 1. The molecule has 0 aromatic rings. The van der Waals surface area contributed by atoms with Crippen LogP contribution in [0.4, 0.5) is 0 Å². The summed E-state index contributed by atoms with van der Waals surface area (Å²) in [7, 11) is 0. The summed E-state index contributed by atoms with van der Waals surface area (Å²) in [4.78, 5) is 22.2. The number of nitrogens with one attached hydrogen (secondary N) is 1. The van der Waals surface area contributed by atoms with E-state index in [0.29, 0.717) is 12.8 Å². The van der Waals surface area contributed by atoms with E-state index in [1.54, 1.807) is 0 Å². The number of carbonyl (C=O) groups is 2. The first kappa shape index (κ1) is 9.23.